The number of fused-ring (bicyclic) bond motifs is 2. The molecule has 2 aliphatic heterocycles. The Bertz CT molecular complexity index is 784. The van der Waals surface area contributed by atoms with Crippen LogP contribution in [0.2, 0.25) is 0 Å². The van der Waals surface area contributed by atoms with Gasteiger partial charge in [0.05, 0.1) is 37.7 Å². The van der Waals surface area contributed by atoms with E-state index >= 15 is 0 Å². The molecule has 0 saturated carbocycles. The fraction of sp³-hybridized carbons (Fsp3) is 0.474. The lowest BCUT2D eigenvalue weighted by Crippen LogP contribution is -2.27. The van der Waals surface area contributed by atoms with Gasteiger partial charge in [0.15, 0.2) is 0 Å². The highest BCUT2D eigenvalue weighted by Crippen LogP contribution is 2.29. The fourth-order valence-corrected chi connectivity index (χ4v) is 3.72. The lowest BCUT2D eigenvalue weighted by molar-refractivity contribution is 0.0600. The minimum atomic E-state index is -0.275. The Morgan fingerprint density at radius 3 is 3.12 bits per heavy atom. The van der Waals surface area contributed by atoms with Crippen LogP contribution in [0.15, 0.2) is 24.4 Å². The van der Waals surface area contributed by atoms with Gasteiger partial charge in [-0.3, -0.25) is 0 Å². The second-order valence-corrected chi connectivity index (χ2v) is 6.58. The molecule has 0 fully saturated rings. The van der Waals surface area contributed by atoms with Crippen LogP contribution < -0.4 is 4.90 Å². The van der Waals surface area contributed by atoms with E-state index in [1.807, 2.05) is 18.3 Å². The Morgan fingerprint density at radius 1 is 1.32 bits per heavy atom. The number of nitrogens with zero attached hydrogens (tertiary/aromatic N) is 3. The quantitative estimate of drug-likeness (QED) is 0.803. The molecule has 0 aliphatic carbocycles. The summed E-state index contributed by atoms with van der Waals surface area (Å²) in [5, 5.41) is 0. The van der Waals surface area contributed by atoms with E-state index in [0.29, 0.717) is 12.2 Å². The predicted molar refractivity (Wildman–Crippen MR) is 93.7 cm³/mol. The number of carbonyl (C=O) groups excluding carboxylic acids is 1. The van der Waals surface area contributed by atoms with Crippen molar-refractivity contribution in [3.05, 3.63) is 47.0 Å². The summed E-state index contributed by atoms with van der Waals surface area (Å²) in [6, 6.07) is 5.91. The summed E-state index contributed by atoms with van der Waals surface area (Å²) in [6.45, 7) is 4.06. The Kier molecular flexibility index (Phi) is 4.44. The molecule has 132 valence electrons. The number of hydrogen-bond donors (Lipinski definition) is 0. The summed E-state index contributed by atoms with van der Waals surface area (Å²) in [7, 11) is 1.42. The minimum absolute atomic E-state index is 0.275. The number of benzene rings is 1. The summed E-state index contributed by atoms with van der Waals surface area (Å²) in [6.07, 6.45) is 5.24. The van der Waals surface area contributed by atoms with Gasteiger partial charge in [0.25, 0.3) is 0 Å². The average molecular weight is 341 g/mol. The third kappa shape index (κ3) is 3.14. The van der Waals surface area contributed by atoms with E-state index in [2.05, 4.69) is 20.5 Å². The van der Waals surface area contributed by atoms with E-state index in [-0.39, 0.29) is 5.97 Å². The molecule has 0 spiro atoms. The highest BCUT2D eigenvalue weighted by molar-refractivity contribution is 5.90. The molecule has 4 rings (SSSR count). The van der Waals surface area contributed by atoms with Crippen molar-refractivity contribution in [2.75, 3.05) is 25.2 Å². The Hall–Kier alpha value is -2.34. The number of carbonyl (C=O) groups is 1. The van der Waals surface area contributed by atoms with Crippen LogP contribution in [0.3, 0.4) is 0 Å². The second-order valence-electron chi connectivity index (χ2n) is 6.58. The third-order valence-electron chi connectivity index (χ3n) is 5.03. The van der Waals surface area contributed by atoms with Crippen molar-refractivity contribution >= 4 is 11.7 Å². The molecule has 6 heteroatoms. The van der Waals surface area contributed by atoms with Crippen LogP contribution in [0.5, 0.6) is 0 Å². The third-order valence-corrected chi connectivity index (χ3v) is 5.03. The van der Waals surface area contributed by atoms with Gasteiger partial charge in [-0.1, -0.05) is 0 Å². The van der Waals surface area contributed by atoms with Gasteiger partial charge >= 0.3 is 5.97 Å². The maximum atomic E-state index is 11.8. The molecule has 0 radical (unpaired) electrons. The maximum Gasteiger partial charge on any atom is 0.337 e. The molecule has 6 nitrogen and oxygen atoms in total. The van der Waals surface area contributed by atoms with Crippen molar-refractivity contribution in [2.24, 2.45) is 0 Å². The molecule has 3 heterocycles. The predicted octanol–water partition coefficient (Wildman–Crippen LogP) is 2.54. The standard InChI is InChI=1S/C19H23N3O3/c1-24-19(23)15-5-6-17-14(10-15)4-2-3-7-21(17)12-16-11-20-18-13-25-9-8-22(16)18/h5-6,10-11H,2-4,7-9,12-13H2,1H3. The van der Waals surface area contributed by atoms with Gasteiger partial charge in [-0.05, 0) is 43.0 Å². The molecule has 2 aliphatic rings. The zero-order chi connectivity index (χ0) is 17.2. The molecular weight excluding hydrogens is 318 g/mol. The fourth-order valence-electron chi connectivity index (χ4n) is 3.72. The zero-order valence-electron chi connectivity index (χ0n) is 14.5. The number of aryl methyl sites for hydroxylation is 1. The summed E-state index contributed by atoms with van der Waals surface area (Å²) in [5.74, 6) is 0.737. The average Bonchev–Trinajstić information content (AvgIpc) is 2.95. The van der Waals surface area contributed by atoms with E-state index in [1.54, 1.807) is 0 Å². The van der Waals surface area contributed by atoms with Crippen molar-refractivity contribution < 1.29 is 14.3 Å². The molecule has 0 N–H and O–H groups in total. The highest BCUT2D eigenvalue weighted by atomic mass is 16.5. The van der Waals surface area contributed by atoms with E-state index in [0.717, 1.165) is 51.3 Å². The number of anilines is 1. The van der Waals surface area contributed by atoms with E-state index in [1.165, 1.54) is 24.1 Å². The number of methoxy groups -OCH3 is 1. The maximum absolute atomic E-state index is 11.8. The topological polar surface area (TPSA) is 56.6 Å². The summed E-state index contributed by atoms with van der Waals surface area (Å²) < 4.78 is 12.6. The Labute approximate surface area is 147 Å². The van der Waals surface area contributed by atoms with Crippen LogP contribution in [0.25, 0.3) is 0 Å². The molecule has 0 saturated heterocycles. The summed E-state index contributed by atoms with van der Waals surface area (Å²) >= 11 is 0. The van der Waals surface area contributed by atoms with Crippen molar-refractivity contribution in [1.82, 2.24) is 9.55 Å². The van der Waals surface area contributed by atoms with Crippen LogP contribution in [0.1, 0.15) is 40.3 Å². The number of esters is 1. The van der Waals surface area contributed by atoms with Gasteiger partial charge in [0.1, 0.15) is 12.4 Å². The second kappa shape index (κ2) is 6.88. The summed E-state index contributed by atoms with van der Waals surface area (Å²) in [4.78, 5) is 18.7. The molecular formula is C19H23N3O3. The molecule has 0 bridgehead atoms. The summed E-state index contributed by atoms with van der Waals surface area (Å²) in [5.41, 5.74) is 4.29. The van der Waals surface area contributed by atoms with Gasteiger partial charge in [0.2, 0.25) is 0 Å². The molecule has 0 atom stereocenters. The first-order valence-electron chi connectivity index (χ1n) is 8.83. The number of aromatic nitrogens is 2. The van der Waals surface area contributed by atoms with Crippen LogP contribution >= 0.6 is 0 Å². The molecule has 0 unspecified atom stereocenters. The SMILES string of the molecule is COC(=O)c1ccc2c(c1)CCCCN2Cc1cnc2n1CCOC2. The molecule has 25 heavy (non-hydrogen) atoms. The van der Waals surface area contributed by atoms with Crippen molar-refractivity contribution in [3.8, 4) is 0 Å². The van der Waals surface area contributed by atoms with Gasteiger partial charge in [-0.2, -0.15) is 0 Å². The van der Waals surface area contributed by atoms with E-state index in [9.17, 15) is 4.79 Å². The van der Waals surface area contributed by atoms with Gasteiger partial charge in [-0.25, -0.2) is 9.78 Å². The molecule has 1 aromatic heterocycles. The van der Waals surface area contributed by atoms with Crippen LogP contribution in [0, 0.1) is 0 Å². The Balaban J connectivity index is 1.63. The highest BCUT2D eigenvalue weighted by Gasteiger charge is 2.21. The van der Waals surface area contributed by atoms with E-state index in [4.69, 9.17) is 9.47 Å². The lowest BCUT2D eigenvalue weighted by Gasteiger charge is -2.26. The minimum Gasteiger partial charge on any atom is -0.465 e. The zero-order valence-corrected chi connectivity index (χ0v) is 14.5. The first kappa shape index (κ1) is 16.1. The smallest absolute Gasteiger partial charge is 0.337 e. The number of rotatable bonds is 3. The van der Waals surface area contributed by atoms with Gasteiger partial charge < -0.3 is 18.9 Å². The van der Waals surface area contributed by atoms with Crippen molar-refractivity contribution in [3.63, 3.8) is 0 Å². The lowest BCUT2D eigenvalue weighted by atomic mass is 10.0. The molecule has 2 aromatic rings. The first-order valence-corrected chi connectivity index (χ1v) is 8.83. The monoisotopic (exact) mass is 341 g/mol. The Morgan fingerprint density at radius 2 is 2.24 bits per heavy atom. The van der Waals surface area contributed by atoms with Gasteiger partial charge in [0, 0.05) is 18.8 Å². The van der Waals surface area contributed by atoms with Crippen LogP contribution in [0.4, 0.5) is 5.69 Å². The van der Waals surface area contributed by atoms with Crippen molar-refractivity contribution in [1.29, 1.82) is 0 Å². The van der Waals surface area contributed by atoms with Crippen LogP contribution in [-0.4, -0.2) is 35.8 Å². The molecule has 1 aromatic carbocycles. The van der Waals surface area contributed by atoms with Gasteiger partial charge in [-0.15, -0.1) is 0 Å². The molecule has 0 amide bonds. The number of ether oxygens (including phenoxy) is 2. The number of hydrogen-bond acceptors (Lipinski definition) is 5. The van der Waals surface area contributed by atoms with E-state index < -0.39 is 0 Å². The number of imidazole rings is 1. The van der Waals surface area contributed by atoms with Crippen LogP contribution in [-0.2, 0) is 35.6 Å². The largest absolute Gasteiger partial charge is 0.465 e. The van der Waals surface area contributed by atoms with Crippen molar-refractivity contribution in [2.45, 2.75) is 39.0 Å². The normalized spacial score (nSPS) is 16.8. The first-order chi connectivity index (χ1) is 12.3.